The van der Waals surface area contributed by atoms with Gasteiger partial charge >= 0.3 is 6.03 Å². The van der Waals surface area contributed by atoms with Crippen LogP contribution < -0.4 is 15.2 Å². The maximum absolute atomic E-state index is 11.3. The van der Waals surface area contributed by atoms with E-state index in [0.717, 1.165) is 12.1 Å². The van der Waals surface area contributed by atoms with Crippen molar-refractivity contribution in [1.82, 2.24) is 9.44 Å². The van der Waals surface area contributed by atoms with Gasteiger partial charge in [0.2, 0.25) is 0 Å². The van der Waals surface area contributed by atoms with Gasteiger partial charge in [-0.1, -0.05) is 18.2 Å². The molecular weight excluding hydrogens is 202 g/mol. The Kier molecular flexibility index (Phi) is 3.81. The van der Waals surface area contributed by atoms with Gasteiger partial charge in [-0.2, -0.15) is 0 Å². The van der Waals surface area contributed by atoms with E-state index in [1.54, 1.807) is 24.3 Å². The molecule has 3 amide bonds. The highest BCUT2D eigenvalue weighted by Crippen LogP contribution is 1.99. The number of urea groups is 1. The van der Waals surface area contributed by atoms with Gasteiger partial charge in [0.05, 0.1) is 12.1 Å². The molecule has 0 aliphatic carbocycles. The van der Waals surface area contributed by atoms with Crippen LogP contribution in [0.3, 0.4) is 0 Å². The topological polar surface area (TPSA) is 84.2 Å². The predicted octanol–water partition coefficient (Wildman–Crippen LogP) is 0.648. The molecule has 0 atom stereocenters. The molecule has 0 aliphatic heterocycles. The second-order valence-electron chi connectivity index (χ2n) is 2.37. The standard InChI is InChI=1S/C8H9N3O2S/c9-8(13)11-14-10-7(12)6-4-2-1-3-5-6/h1-5H,(H,10,12)(H3,9,11,13). The van der Waals surface area contributed by atoms with Crippen molar-refractivity contribution < 1.29 is 9.59 Å². The lowest BCUT2D eigenvalue weighted by atomic mass is 10.2. The average Bonchev–Trinajstić information content (AvgIpc) is 2.18. The van der Waals surface area contributed by atoms with Crippen LogP contribution in [0.2, 0.25) is 0 Å². The van der Waals surface area contributed by atoms with E-state index in [1.165, 1.54) is 0 Å². The van der Waals surface area contributed by atoms with Gasteiger partial charge in [0.25, 0.3) is 5.91 Å². The van der Waals surface area contributed by atoms with Gasteiger partial charge in [-0.25, -0.2) is 4.79 Å². The quantitative estimate of drug-likeness (QED) is 0.642. The normalized spacial score (nSPS) is 9.14. The molecule has 0 radical (unpaired) electrons. The third-order valence-electron chi connectivity index (χ3n) is 1.33. The second kappa shape index (κ2) is 5.13. The van der Waals surface area contributed by atoms with Crippen LogP contribution in [0.4, 0.5) is 4.79 Å². The molecule has 74 valence electrons. The van der Waals surface area contributed by atoms with E-state index >= 15 is 0 Å². The van der Waals surface area contributed by atoms with Gasteiger partial charge in [0, 0.05) is 5.56 Å². The van der Waals surface area contributed by atoms with Crippen molar-refractivity contribution in [2.45, 2.75) is 0 Å². The van der Waals surface area contributed by atoms with Crippen LogP contribution in [0.15, 0.2) is 30.3 Å². The summed E-state index contributed by atoms with van der Waals surface area (Å²) < 4.78 is 4.57. The molecule has 5 nitrogen and oxygen atoms in total. The fraction of sp³-hybridized carbons (Fsp3) is 0. The lowest BCUT2D eigenvalue weighted by Gasteiger charge is -2.02. The van der Waals surface area contributed by atoms with Gasteiger partial charge in [0.15, 0.2) is 0 Å². The van der Waals surface area contributed by atoms with E-state index in [4.69, 9.17) is 5.73 Å². The summed E-state index contributed by atoms with van der Waals surface area (Å²) in [5, 5.41) is 0. The number of carbonyl (C=O) groups excluding carboxylic acids is 2. The SMILES string of the molecule is NC(=O)NSNC(=O)c1ccccc1. The fourth-order valence-corrected chi connectivity index (χ4v) is 1.13. The van der Waals surface area contributed by atoms with E-state index in [2.05, 4.69) is 9.44 Å². The number of rotatable bonds is 3. The summed E-state index contributed by atoms with van der Waals surface area (Å²) in [6.45, 7) is 0. The van der Waals surface area contributed by atoms with E-state index in [1.807, 2.05) is 6.07 Å². The van der Waals surface area contributed by atoms with Crippen LogP contribution in [0.25, 0.3) is 0 Å². The van der Waals surface area contributed by atoms with Crippen LogP contribution in [0.1, 0.15) is 10.4 Å². The van der Waals surface area contributed by atoms with Crippen molar-refractivity contribution in [1.29, 1.82) is 0 Å². The van der Waals surface area contributed by atoms with Crippen molar-refractivity contribution in [3.8, 4) is 0 Å². The largest absolute Gasteiger partial charge is 0.351 e. The van der Waals surface area contributed by atoms with Crippen LogP contribution >= 0.6 is 12.1 Å². The predicted molar refractivity (Wildman–Crippen MR) is 54.2 cm³/mol. The maximum Gasteiger partial charge on any atom is 0.323 e. The minimum atomic E-state index is -0.705. The van der Waals surface area contributed by atoms with Crippen LogP contribution in [-0.4, -0.2) is 11.9 Å². The minimum Gasteiger partial charge on any atom is -0.351 e. The molecule has 0 fully saturated rings. The monoisotopic (exact) mass is 211 g/mol. The minimum absolute atomic E-state index is 0.288. The zero-order valence-corrected chi connectivity index (χ0v) is 8.01. The number of hydrogen-bond acceptors (Lipinski definition) is 3. The molecule has 0 bridgehead atoms. The van der Waals surface area contributed by atoms with Crippen molar-refractivity contribution >= 4 is 24.1 Å². The van der Waals surface area contributed by atoms with Crippen LogP contribution in [0, 0.1) is 0 Å². The lowest BCUT2D eigenvalue weighted by Crippen LogP contribution is -2.28. The Bertz CT molecular complexity index is 329. The molecule has 0 aromatic heterocycles. The van der Waals surface area contributed by atoms with Crippen molar-refractivity contribution in [2.24, 2.45) is 5.73 Å². The van der Waals surface area contributed by atoms with Crippen molar-refractivity contribution in [3.63, 3.8) is 0 Å². The third-order valence-corrected chi connectivity index (χ3v) is 1.92. The van der Waals surface area contributed by atoms with Gasteiger partial charge in [-0.3, -0.25) is 14.2 Å². The number of carbonyl (C=O) groups is 2. The number of benzene rings is 1. The molecule has 0 unspecified atom stereocenters. The highest BCUT2D eigenvalue weighted by Gasteiger charge is 2.03. The molecule has 1 aromatic rings. The fourth-order valence-electron chi connectivity index (χ4n) is 0.771. The highest BCUT2D eigenvalue weighted by molar-refractivity contribution is 7.96. The van der Waals surface area contributed by atoms with Gasteiger partial charge in [-0.05, 0) is 12.1 Å². The summed E-state index contributed by atoms with van der Waals surface area (Å²) in [6.07, 6.45) is 0. The van der Waals surface area contributed by atoms with E-state index in [0.29, 0.717) is 5.56 Å². The molecule has 0 saturated heterocycles. The molecule has 0 aliphatic rings. The summed E-state index contributed by atoms with van der Waals surface area (Å²) >= 11 is 0.740. The molecule has 0 spiro atoms. The molecule has 0 heterocycles. The Labute approximate surface area is 85.3 Å². The zero-order chi connectivity index (χ0) is 10.4. The number of primary amides is 1. The smallest absolute Gasteiger partial charge is 0.323 e. The Balaban J connectivity index is 2.40. The highest BCUT2D eigenvalue weighted by atomic mass is 32.2. The molecule has 1 aromatic carbocycles. The van der Waals surface area contributed by atoms with Gasteiger partial charge < -0.3 is 5.73 Å². The van der Waals surface area contributed by atoms with E-state index in [9.17, 15) is 9.59 Å². The van der Waals surface area contributed by atoms with E-state index in [-0.39, 0.29) is 5.91 Å². The first-order valence-electron chi connectivity index (χ1n) is 3.77. The summed E-state index contributed by atoms with van der Waals surface area (Å²) in [5.74, 6) is -0.288. The van der Waals surface area contributed by atoms with E-state index < -0.39 is 6.03 Å². The summed E-state index contributed by atoms with van der Waals surface area (Å²) in [6, 6.07) is 7.94. The molecule has 14 heavy (non-hydrogen) atoms. The van der Waals surface area contributed by atoms with Crippen LogP contribution in [0.5, 0.6) is 0 Å². The number of nitrogens with two attached hydrogens (primary N) is 1. The third kappa shape index (κ3) is 3.36. The van der Waals surface area contributed by atoms with Crippen molar-refractivity contribution in [2.75, 3.05) is 0 Å². The summed E-state index contributed by atoms with van der Waals surface area (Å²) in [4.78, 5) is 21.6. The molecule has 4 N–H and O–H groups in total. The van der Waals surface area contributed by atoms with Gasteiger partial charge in [-0.15, -0.1) is 0 Å². The molecule has 6 heteroatoms. The summed E-state index contributed by atoms with van der Waals surface area (Å²) in [5.41, 5.74) is 5.31. The first kappa shape index (κ1) is 10.4. The van der Waals surface area contributed by atoms with Crippen molar-refractivity contribution in [3.05, 3.63) is 35.9 Å². The first-order chi connectivity index (χ1) is 6.70. The Morgan fingerprint density at radius 1 is 1.14 bits per heavy atom. The molecule has 1 rings (SSSR count). The average molecular weight is 211 g/mol. The molecule has 0 saturated carbocycles. The first-order valence-corrected chi connectivity index (χ1v) is 4.58. The summed E-state index contributed by atoms with van der Waals surface area (Å²) in [7, 11) is 0. The van der Waals surface area contributed by atoms with Gasteiger partial charge in [0.1, 0.15) is 0 Å². The lowest BCUT2D eigenvalue weighted by molar-refractivity contribution is 0.0984. The second-order valence-corrected chi connectivity index (χ2v) is 2.98. The molecular formula is C8H9N3O2S. The number of nitrogens with one attached hydrogen (secondary N) is 2. The maximum atomic E-state index is 11.3. The Hall–Kier alpha value is -1.69. The number of hydrogen-bond donors (Lipinski definition) is 3. The Morgan fingerprint density at radius 2 is 1.79 bits per heavy atom. The van der Waals surface area contributed by atoms with Crippen LogP contribution in [-0.2, 0) is 0 Å². The number of amides is 3. The zero-order valence-electron chi connectivity index (χ0n) is 7.19. The Morgan fingerprint density at radius 3 is 2.36 bits per heavy atom.